The summed E-state index contributed by atoms with van der Waals surface area (Å²) in [5, 5.41) is 5.32. The molecule has 1 heterocycles. The summed E-state index contributed by atoms with van der Waals surface area (Å²) in [4.78, 5) is 16.3. The number of rotatable bonds is 5. The molecule has 0 aliphatic heterocycles. The van der Waals surface area contributed by atoms with E-state index in [1.165, 1.54) is 5.56 Å². The Morgan fingerprint density at radius 1 is 1.03 bits per heavy atom. The maximum atomic E-state index is 13.1. The Kier molecular flexibility index (Phi) is 5.81. The van der Waals surface area contributed by atoms with Crippen molar-refractivity contribution in [1.29, 1.82) is 0 Å². The van der Waals surface area contributed by atoms with Crippen LogP contribution in [-0.2, 0) is 6.42 Å². The Hall–Kier alpha value is -3.18. The van der Waals surface area contributed by atoms with Gasteiger partial charge in [-0.25, -0.2) is 5.43 Å². The van der Waals surface area contributed by atoms with E-state index in [4.69, 9.17) is 0 Å². The van der Waals surface area contributed by atoms with E-state index in [1.807, 2.05) is 67.6 Å². The summed E-state index contributed by atoms with van der Waals surface area (Å²) in [6, 6.07) is 24.1. The molecule has 5 heteroatoms. The molecule has 0 fully saturated rings. The molecule has 1 aromatic heterocycles. The zero-order chi connectivity index (χ0) is 21.1. The van der Waals surface area contributed by atoms with Gasteiger partial charge in [-0.2, -0.15) is 5.10 Å². The number of aromatic amines is 1. The lowest BCUT2D eigenvalue weighted by atomic mass is 10.0. The number of nitrogens with one attached hydrogen (secondary N) is 2. The molecule has 3 aromatic carbocycles. The van der Waals surface area contributed by atoms with Crippen molar-refractivity contribution in [3.8, 4) is 11.1 Å². The monoisotopic (exact) mass is 459 g/mol. The van der Waals surface area contributed by atoms with E-state index in [0.717, 1.165) is 44.2 Å². The summed E-state index contributed by atoms with van der Waals surface area (Å²) in [6.07, 6.45) is 0.992. The molecule has 0 aliphatic carbocycles. The molecule has 0 atom stereocenters. The van der Waals surface area contributed by atoms with E-state index in [-0.39, 0.29) is 5.91 Å². The molecule has 4 nitrogen and oxygen atoms in total. The molecule has 0 radical (unpaired) electrons. The fourth-order valence-corrected chi connectivity index (χ4v) is 3.84. The highest BCUT2D eigenvalue weighted by Crippen LogP contribution is 2.34. The lowest BCUT2D eigenvalue weighted by molar-refractivity contribution is 0.0951. The Bertz CT molecular complexity index is 1220. The van der Waals surface area contributed by atoms with Crippen molar-refractivity contribution < 1.29 is 4.79 Å². The number of nitrogens with zero attached hydrogens (tertiary/aromatic N) is 1. The third-order valence-corrected chi connectivity index (χ3v) is 5.65. The second-order valence-electron chi connectivity index (χ2n) is 7.12. The van der Waals surface area contributed by atoms with Crippen LogP contribution in [-0.4, -0.2) is 16.6 Å². The first-order valence-electron chi connectivity index (χ1n) is 9.87. The van der Waals surface area contributed by atoms with Gasteiger partial charge in [-0.3, -0.25) is 4.79 Å². The van der Waals surface area contributed by atoms with E-state index < -0.39 is 0 Å². The van der Waals surface area contributed by atoms with Gasteiger partial charge >= 0.3 is 0 Å². The van der Waals surface area contributed by atoms with E-state index in [2.05, 4.69) is 50.5 Å². The number of carbonyl (C=O) groups is 1. The fourth-order valence-electron chi connectivity index (χ4n) is 3.48. The Labute approximate surface area is 184 Å². The van der Waals surface area contributed by atoms with Crippen LogP contribution in [0.3, 0.4) is 0 Å². The number of hydrogen-bond donors (Lipinski definition) is 2. The largest absolute Gasteiger partial charge is 0.350 e. The minimum atomic E-state index is -0.272. The molecule has 0 saturated heterocycles. The van der Waals surface area contributed by atoms with Gasteiger partial charge in [-0.1, -0.05) is 77.5 Å². The number of carbonyl (C=O) groups excluding carboxylic acids is 1. The average molecular weight is 460 g/mol. The highest BCUT2D eigenvalue weighted by Gasteiger charge is 2.19. The third kappa shape index (κ3) is 4.07. The molecule has 0 aliphatic rings. The number of aromatic nitrogens is 1. The molecule has 0 spiro atoms. The lowest BCUT2D eigenvalue weighted by Gasteiger charge is -2.06. The Morgan fingerprint density at radius 2 is 1.77 bits per heavy atom. The summed E-state index contributed by atoms with van der Waals surface area (Å²) in [7, 11) is 0. The van der Waals surface area contributed by atoms with Crippen LogP contribution in [0.5, 0.6) is 0 Å². The quantitative estimate of drug-likeness (QED) is 0.266. The van der Waals surface area contributed by atoms with Crippen LogP contribution in [0.25, 0.3) is 22.0 Å². The predicted molar refractivity (Wildman–Crippen MR) is 127 cm³/mol. The Morgan fingerprint density at radius 3 is 2.47 bits per heavy atom. The van der Waals surface area contributed by atoms with E-state index >= 15 is 0 Å². The summed E-state index contributed by atoms with van der Waals surface area (Å²) in [5.74, 6) is -0.272. The molecule has 0 unspecified atom stereocenters. The van der Waals surface area contributed by atoms with Gasteiger partial charge in [0, 0.05) is 20.9 Å². The van der Waals surface area contributed by atoms with Crippen LogP contribution in [0, 0.1) is 0 Å². The number of benzene rings is 3. The first kappa shape index (κ1) is 20.1. The van der Waals surface area contributed by atoms with Crippen molar-refractivity contribution in [1.82, 2.24) is 10.4 Å². The van der Waals surface area contributed by atoms with Gasteiger partial charge in [-0.15, -0.1) is 0 Å². The van der Waals surface area contributed by atoms with Gasteiger partial charge in [0.25, 0.3) is 5.91 Å². The van der Waals surface area contributed by atoms with Gasteiger partial charge in [0.15, 0.2) is 0 Å². The Balaban J connectivity index is 1.69. The molecular formula is C25H22BrN3O. The molecule has 0 bridgehead atoms. The zero-order valence-corrected chi connectivity index (χ0v) is 18.5. The molecule has 2 N–H and O–H groups in total. The maximum absolute atomic E-state index is 13.1. The maximum Gasteiger partial charge on any atom is 0.288 e. The van der Waals surface area contributed by atoms with E-state index in [1.54, 1.807) is 0 Å². The smallest absolute Gasteiger partial charge is 0.288 e. The number of hydrogen-bond acceptors (Lipinski definition) is 2. The molecule has 4 aromatic rings. The molecular weight excluding hydrogens is 438 g/mol. The zero-order valence-electron chi connectivity index (χ0n) is 16.9. The first-order valence-corrected chi connectivity index (χ1v) is 10.7. The summed E-state index contributed by atoms with van der Waals surface area (Å²) in [6.45, 7) is 4.01. The van der Waals surface area contributed by atoms with Crippen LogP contribution in [0.1, 0.15) is 35.5 Å². The minimum Gasteiger partial charge on any atom is -0.350 e. The van der Waals surface area contributed by atoms with Crippen LogP contribution >= 0.6 is 15.9 Å². The van der Waals surface area contributed by atoms with Gasteiger partial charge < -0.3 is 4.98 Å². The number of H-pyrrole nitrogens is 1. The van der Waals surface area contributed by atoms with Crippen molar-refractivity contribution in [3.63, 3.8) is 0 Å². The van der Waals surface area contributed by atoms with Crippen LogP contribution in [0.15, 0.2) is 82.4 Å². The van der Waals surface area contributed by atoms with Gasteiger partial charge in [0.05, 0.1) is 5.71 Å². The third-order valence-electron chi connectivity index (χ3n) is 5.16. The molecule has 1 amide bonds. The predicted octanol–water partition coefficient (Wildman–Crippen LogP) is 6.31. The van der Waals surface area contributed by atoms with Crippen molar-refractivity contribution >= 4 is 38.5 Å². The highest BCUT2D eigenvalue weighted by molar-refractivity contribution is 9.10. The highest BCUT2D eigenvalue weighted by atomic mass is 79.9. The summed E-state index contributed by atoms with van der Waals surface area (Å²) in [5.41, 5.74) is 8.96. The molecule has 30 heavy (non-hydrogen) atoms. The number of halogens is 1. The van der Waals surface area contributed by atoms with Crippen LogP contribution in [0.2, 0.25) is 0 Å². The fraction of sp³-hybridized carbons (Fsp3) is 0.120. The van der Waals surface area contributed by atoms with E-state index in [0.29, 0.717) is 5.69 Å². The van der Waals surface area contributed by atoms with Crippen LogP contribution < -0.4 is 5.43 Å². The van der Waals surface area contributed by atoms with Crippen molar-refractivity contribution in [2.75, 3.05) is 0 Å². The minimum absolute atomic E-state index is 0.272. The molecule has 150 valence electrons. The molecule has 0 saturated carbocycles. The average Bonchev–Trinajstić information content (AvgIpc) is 3.16. The lowest BCUT2D eigenvalue weighted by Crippen LogP contribution is -2.20. The normalized spacial score (nSPS) is 11.6. The van der Waals surface area contributed by atoms with E-state index in [9.17, 15) is 4.79 Å². The van der Waals surface area contributed by atoms with Crippen molar-refractivity contribution in [2.45, 2.75) is 20.3 Å². The van der Waals surface area contributed by atoms with Gasteiger partial charge in [0.2, 0.25) is 0 Å². The standard InChI is InChI=1S/C25H22BrN3O/c1-3-17-9-11-18(12-10-17)16(2)28-29-25(30)24-23(19-7-5-4-6-8-19)21-15-20(26)13-14-22(21)27-24/h4-15,27H,3H2,1-2H3,(H,29,30). The number of aryl methyl sites for hydroxylation is 1. The SMILES string of the molecule is CCc1ccc(C(C)=NNC(=O)c2[nH]c3ccc(Br)cc3c2-c2ccccc2)cc1. The number of amides is 1. The number of hydrazone groups is 1. The second-order valence-corrected chi connectivity index (χ2v) is 8.04. The van der Waals surface area contributed by atoms with Crippen LogP contribution in [0.4, 0.5) is 0 Å². The topological polar surface area (TPSA) is 57.2 Å². The second kappa shape index (κ2) is 8.67. The van der Waals surface area contributed by atoms with Gasteiger partial charge in [0.1, 0.15) is 5.69 Å². The van der Waals surface area contributed by atoms with Crippen molar-refractivity contribution in [3.05, 3.63) is 94.1 Å². The first-order chi connectivity index (χ1) is 14.6. The number of fused-ring (bicyclic) bond motifs is 1. The van der Waals surface area contributed by atoms with Gasteiger partial charge in [-0.05, 0) is 48.2 Å². The summed E-state index contributed by atoms with van der Waals surface area (Å²) >= 11 is 3.54. The molecule has 4 rings (SSSR count). The van der Waals surface area contributed by atoms with Crippen molar-refractivity contribution in [2.24, 2.45) is 5.10 Å². The summed E-state index contributed by atoms with van der Waals surface area (Å²) < 4.78 is 0.961.